The van der Waals surface area contributed by atoms with Crippen molar-refractivity contribution in [3.63, 3.8) is 0 Å². The first-order valence-corrected chi connectivity index (χ1v) is 9.08. The van der Waals surface area contributed by atoms with Crippen LogP contribution in [-0.2, 0) is 22.6 Å². The van der Waals surface area contributed by atoms with Gasteiger partial charge in [0.05, 0.1) is 7.11 Å². The molecule has 1 amide bonds. The minimum absolute atomic E-state index is 0.169. The summed E-state index contributed by atoms with van der Waals surface area (Å²) in [5, 5.41) is 6.38. The Morgan fingerprint density at radius 2 is 1.79 bits per heavy atom. The van der Waals surface area contributed by atoms with E-state index < -0.39 is 5.97 Å². The molecular weight excluding hydrogens is 374 g/mol. The SMILES string of the molecule is CCc1ccc(-c2noc(COC(=O)CNC(=O)c3ccc(OC)cc3)n2)cc1. The number of rotatable bonds is 8. The molecule has 0 bridgehead atoms. The number of esters is 1. The second-order valence-electron chi connectivity index (χ2n) is 6.13. The fourth-order valence-electron chi connectivity index (χ4n) is 2.51. The maximum atomic E-state index is 12.0. The van der Waals surface area contributed by atoms with E-state index in [0.717, 1.165) is 12.0 Å². The molecule has 0 fully saturated rings. The van der Waals surface area contributed by atoms with E-state index in [4.69, 9.17) is 14.0 Å². The first-order valence-electron chi connectivity index (χ1n) is 9.08. The van der Waals surface area contributed by atoms with Crippen LogP contribution >= 0.6 is 0 Å². The van der Waals surface area contributed by atoms with Crippen molar-refractivity contribution in [2.75, 3.05) is 13.7 Å². The van der Waals surface area contributed by atoms with Crippen molar-refractivity contribution < 1.29 is 23.6 Å². The largest absolute Gasteiger partial charge is 0.497 e. The molecule has 0 aliphatic heterocycles. The minimum Gasteiger partial charge on any atom is -0.497 e. The number of aryl methyl sites for hydroxylation is 1. The predicted molar refractivity (Wildman–Crippen MR) is 104 cm³/mol. The molecule has 1 N–H and O–H groups in total. The smallest absolute Gasteiger partial charge is 0.325 e. The lowest BCUT2D eigenvalue weighted by Gasteiger charge is -2.06. The number of carbonyl (C=O) groups excluding carboxylic acids is 2. The summed E-state index contributed by atoms with van der Waals surface area (Å²) in [5.74, 6) is 0.237. The summed E-state index contributed by atoms with van der Waals surface area (Å²) >= 11 is 0. The van der Waals surface area contributed by atoms with Crippen LogP contribution in [0.2, 0.25) is 0 Å². The lowest BCUT2D eigenvalue weighted by atomic mass is 10.1. The molecule has 1 aromatic heterocycles. The van der Waals surface area contributed by atoms with Crippen LogP contribution < -0.4 is 10.1 Å². The summed E-state index contributed by atoms with van der Waals surface area (Å²) in [6.45, 7) is 1.64. The van der Waals surface area contributed by atoms with Gasteiger partial charge in [0.25, 0.3) is 11.8 Å². The number of amides is 1. The molecule has 0 unspecified atom stereocenters. The fraction of sp³-hybridized carbons (Fsp3) is 0.238. The van der Waals surface area contributed by atoms with Gasteiger partial charge < -0.3 is 19.3 Å². The summed E-state index contributed by atoms with van der Waals surface area (Å²) in [5.41, 5.74) is 2.44. The molecule has 150 valence electrons. The van der Waals surface area contributed by atoms with Crippen LogP contribution in [0.5, 0.6) is 5.75 Å². The number of nitrogens with one attached hydrogen (secondary N) is 1. The molecule has 2 aromatic carbocycles. The minimum atomic E-state index is -0.612. The van der Waals surface area contributed by atoms with Crippen molar-refractivity contribution in [1.29, 1.82) is 0 Å². The number of nitrogens with zero attached hydrogens (tertiary/aromatic N) is 2. The monoisotopic (exact) mass is 395 g/mol. The molecule has 0 spiro atoms. The zero-order valence-corrected chi connectivity index (χ0v) is 16.2. The first-order chi connectivity index (χ1) is 14.1. The predicted octanol–water partition coefficient (Wildman–Crippen LogP) is 2.78. The van der Waals surface area contributed by atoms with Gasteiger partial charge in [-0.1, -0.05) is 36.3 Å². The Kier molecular flexibility index (Phi) is 6.57. The number of hydrogen-bond donors (Lipinski definition) is 1. The Bertz CT molecular complexity index is 965. The lowest BCUT2D eigenvalue weighted by Crippen LogP contribution is -2.30. The van der Waals surface area contributed by atoms with E-state index in [1.165, 1.54) is 5.56 Å². The quantitative estimate of drug-likeness (QED) is 0.585. The van der Waals surface area contributed by atoms with Crippen molar-refractivity contribution in [2.45, 2.75) is 20.0 Å². The summed E-state index contributed by atoms with van der Waals surface area (Å²) in [6, 6.07) is 14.3. The third kappa shape index (κ3) is 5.41. The summed E-state index contributed by atoms with van der Waals surface area (Å²) < 4.78 is 15.2. The summed E-state index contributed by atoms with van der Waals surface area (Å²) in [6.07, 6.45) is 0.947. The highest BCUT2D eigenvalue weighted by molar-refractivity contribution is 5.96. The molecule has 3 rings (SSSR count). The van der Waals surface area contributed by atoms with Crippen molar-refractivity contribution in [2.24, 2.45) is 0 Å². The van der Waals surface area contributed by atoms with Gasteiger partial charge in [0.15, 0.2) is 6.61 Å². The van der Waals surface area contributed by atoms with Crippen LogP contribution in [-0.4, -0.2) is 35.7 Å². The van der Waals surface area contributed by atoms with Crippen LogP contribution in [0, 0.1) is 0 Å². The van der Waals surface area contributed by atoms with Crippen molar-refractivity contribution in [3.8, 4) is 17.1 Å². The molecule has 0 atom stereocenters. The molecule has 8 heteroatoms. The average Bonchev–Trinajstić information content (AvgIpc) is 3.25. The molecule has 0 radical (unpaired) electrons. The zero-order chi connectivity index (χ0) is 20.6. The normalized spacial score (nSPS) is 10.4. The number of benzene rings is 2. The van der Waals surface area contributed by atoms with Gasteiger partial charge in [0.2, 0.25) is 5.82 Å². The van der Waals surface area contributed by atoms with Gasteiger partial charge in [-0.3, -0.25) is 9.59 Å². The molecule has 0 saturated carbocycles. The molecule has 0 aliphatic rings. The van der Waals surface area contributed by atoms with Crippen LogP contribution in [0.4, 0.5) is 0 Å². The van der Waals surface area contributed by atoms with Crippen molar-refractivity contribution >= 4 is 11.9 Å². The van der Waals surface area contributed by atoms with E-state index in [1.807, 2.05) is 24.3 Å². The van der Waals surface area contributed by atoms with E-state index in [-0.39, 0.29) is 24.9 Å². The molecule has 0 aliphatic carbocycles. The molecule has 0 saturated heterocycles. The number of carbonyl (C=O) groups is 2. The van der Waals surface area contributed by atoms with E-state index >= 15 is 0 Å². The van der Waals surface area contributed by atoms with Gasteiger partial charge >= 0.3 is 5.97 Å². The second-order valence-corrected chi connectivity index (χ2v) is 6.13. The molecule has 1 heterocycles. The molecular formula is C21H21N3O5. The number of hydrogen-bond acceptors (Lipinski definition) is 7. The van der Waals surface area contributed by atoms with Crippen LogP contribution in [0.25, 0.3) is 11.4 Å². The Morgan fingerprint density at radius 3 is 2.45 bits per heavy atom. The standard InChI is InChI=1S/C21H21N3O5/c1-3-14-4-6-15(7-5-14)20-23-18(29-24-20)13-28-19(25)12-22-21(26)16-8-10-17(27-2)11-9-16/h4-11H,3,12-13H2,1-2H3,(H,22,26). The Labute approximate surface area is 167 Å². The van der Waals surface area contributed by atoms with E-state index in [9.17, 15) is 9.59 Å². The number of ether oxygens (including phenoxy) is 2. The Balaban J connectivity index is 1.46. The maximum Gasteiger partial charge on any atom is 0.325 e. The summed E-state index contributed by atoms with van der Waals surface area (Å²) in [4.78, 5) is 28.1. The van der Waals surface area contributed by atoms with Gasteiger partial charge in [-0.2, -0.15) is 4.98 Å². The van der Waals surface area contributed by atoms with Crippen molar-refractivity contribution in [3.05, 3.63) is 65.5 Å². The first kappa shape index (κ1) is 20.1. The third-order valence-corrected chi connectivity index (χ3v) is 4.19. The molecule has 29 heavy (non-hydrogen) atoms. The van der Waals surface area contributed by atoms with Gasteiger partial charge in [0, 0.05) is 11.1 Å². The van der Waals surface area contributed by atoms with Gasteiger partial charge in [-0.05, 0) is 36.2 Å². The van der Waals surface area contributed by atoms with Gasteiger partial charge in [-0.25, -0.2) is 0 Å². The van der Waals surface area contributed by atoms with Gasteiger partial charge in [-0.15, -0.1) is 0 Å². The number of methoxy groups -OCH3 is 1. The highest BCUT2D eigenvalue weighted by atomic mass is 16.6. The van der Waals surface area contributed by atoms with Crippen LogP contribution in [0.1, 0.15) is 28.7 Å². The molecule has 8 nitrogen and oxygen atoms in total. The Hall–Kier alpha value is -3.68. The number of aromatic nitrogens is 2. The third-order valence-electron chi connectivity index (χ3n) is 4.19. The van der Waals surface area contributed by atoms with Crippen molar-refractivity contribution in [1.82, 2.24) is 15.5 Å². The maximum absolute atomic E-state index is 12.0. The molecule has 3 aromatic rings. The zero-order valence-electron chi connectivity index (χ0n) is 16.2. The van der Waals surface area contributed by atoms with E-state index in [2.05, 4.69) is 22.4 Å². The van der Waals surface area contributed by atoms with E-state index in [1.54, 1.807) is 31.4 Å². The van der Waals surface area contributed by atoms with E-state index in [0.29, 0.717) is 17.1 Å². The highest BCUT2D eigenvalue weighted by Gasteiger charge is 2.13. The second kappa shape index (κ2) is 9.50. The average molecular weight is 395 g/mol. The highest BCUT2D eigenvalue weighted by Crippen LogP contribution is 2.17. The van der Waals surface area contributed by atoms with Gasteiger partial charge in [0.1, 0.15) is 12.3 Å². The Morgan fingerprint density at radius 1 is 1.07 bits per heavy atom. The fourth-order valence-corrected chi connectivity index (χ4v) is 2.51. The lowest BCUT2D eigenvalue weighted by molar-refractivity contribution is -0.144. The van der Waals surface area contributed by atoms with Crippen LogP contribution in [0.15, 0.2) is 53.1 Å². The van der Waals surface area contributed by atoms with Crippen LogP contribution in [0.3, 0.4) is 0 Å². The summed E-state index contributed by atoms with van der Waals surface area (Å²) in [7, 11) is 1.54. The topological polar surface area (TPSA) is 104 Å².